The summed E-state index contributed by atoms with van der Waals surface area (Å²) in [5.74, 6) is -0.293. The number of hydrogen-bond acceptors (Lipinski definition) is 2. The van der Waals surface area contributed by atoms with Gasteiger partial charge in [-0.2, -0.15) is 5.10 Å². The normalized spacial score (nSPS) is 10.2. The van der Waals surface area contributed by atoms with Crippen LogP contribution in [0.15, 0.2) is 36.5 Å². The van der Waals surface area contributed by atoms with Gasteiger partial charge in [0.25, 0.3) is 0 Å². The number of alkyl halides is 1. The molecule has 88 valence electrons. The third-order valence-corrected chi connectivity index (χ3v) is 2.56. The minimum absolute atomic E-state index is 0.0596. The van der Waals surface area contributed by atoms with Crippen LogP contribution in [0.2, 0.25) is 0 Å². The van der Waals surface area contributed by atoms with Crippen LogP contribution in [0, 0.1) is 6.92 Å². The minimum Gasteiger partial charge on any atom is -0.322 e. The predicted octanol–water partition coefficient (Wildman–Crippen LogP) is 2.36. The molecule has 1 aromatic heterocycles. The zero-order chi connectivity index (χ0) is 12.3. The highest BCUT2D eigenvalue weighted by Gasteiger charge is 2.08. The predicted molar refractivity (Wildman–Crippen MR) is 67.7 cm³/mol. The summed E-state index contributed by atoms with van der Waals surface area (Å²) < 4.78 is 1.72. The molecule has 0 spiro atoms. The Morgan fingerprint density at radius 1 is 1.41 bits per heavy atom. The lowest BCUT2D eigenvalue weighted by molar-refractivity contribution is -0.113. The van der Waals surface area contributed by atoms with E-state index in [1.165, 1.54) is 0 Å². The van der Waals surface area contributed by atoms with Gasteiger partial charge in [-0.15, -0.1) is 11.6 Å². The van der Waals surface area contributed by atoms with E-state index in [0.29, 0.717) is 5.69 Å². The van der Waals surface area contributed by atoms with Gasteiger partial charge in [-0.05, 0) is 19.1 Å². The number of anilines is 1. The molecule has 4 nitrogen and oxygen atoms in total. The van der Waals surface area contributed by atoms with Crippen molar-refractivity contribution in [3.63, 3.8) is 0 Å². The van der Waals surface area contributed by atoms with Crippen molar-refractivity contribution in [2.24, 2.45) is 0 Å². The SMILES string of the molecule is Cc1nn(-c2ccccc2)cc1NC(=O)CCl. The van der Waals surface area contributed by atoms with Crippen molar-refractivity contribution < 1.29 is 4.79 Å². The number of nitrogens with zero attached hydrogens (tertiary/aromatic N) is 2. The van der Waals surface area contributed by atoms with Crippen molar-refractivity contribution in [2.45, 2.75) is 6.92 Å². The first-order valence-corrected chi connectivity index (χ1v) is 5.71. The highest BCUT2D eigenvalue weighted by atomic mass is 35.5. The molecule has 1 heterocycles. The summed E-state index contributed by atoms with van der Waals surface area (Å²) in [6, 6.07) is 9.70. The largest absolute Gasteiger partial charge is 0.322 e. The number of benzene rings is 1. The lowest BCUT2D eigenvalue weighted by atomic mass is 10.3. The van der Waals surface area contributed by atoms with E-state index in [2.05, 4.69) is 10.4 Å². The number of aromatic nitrogens is 2. The van der Waals surface area contributed by atoms with Crippen molar-refractivity contribution in [1.82, 2.24) is 9.78 Å². The maximum absolute atomic E-state index is 11.2. The van der Waals surface area contributed by atoms with Crippen LogP contribution in [0.3, 0.4) is 0 Å². The van der Waals surface area contributed by atoms with Crippen molar-refractivity contribution in [3.05, 3.63) is 42.2 Å². The minimum atomic E-state index is -0.234. The fourth-order valence-electron chi connectivity index (χ4n) is 1.48. The van der Waals surface area contributed by atoms with E-state index in [4.69, 9.17) is 11.6 Å². The number of rotatable bonds is 3. The molecule has 0 fully saturated rings. The molecule has 0 saturated carbocycles. The maximum Gasteiger partial charge on any atom is 0.239 e. The summed E-state index contributed by atoms with van der Waals surface area (Å²) in [6.45, 7) is 1.84. The summed E-state index contributed by atoms with van der Waals surface area (Å²) in [7, 11) is 0. The molecule has 1 N–H and O–H groups in total. The van der Waals surface area contributed by atoms with Gasteiger partial charge in [-0.25, -0.2) is 4.68 Å². The Morgan fingerprint density at radius 3 is 2.76 bits per heavy atom. The number of carbonyl (C=O) groups excluding carboxylic acids is 1. The first kappa shape index (κ1) is 11.7. The van der Waals surface area contributed by atoms with Crippen LogP contribution in [0.25, 0.3) is 5.69 Å². The molecule has 0 bridgehead atoms. The topological polar surface area (TPSA) is 46.9 Å². The zero-order valence-electron chi connectivity index (χ0n) is 9.35. The Bertz CT molecular complexity index is 522. The highest BCUT2D eigenvalue weighted by molar-refractivity contribution is 6.29. The second kappa shape index (κ2) is 5.01. The number of amides is 1. The van der Waals surface area contributed by atoms with Crippen LogP contribution in [-0.2, 0) is 4.79 Å². The van der Waals surface area contributed by atoms with E-state index < -0.39 is 0 Å². The molecule has 17 heavy (non-hydrogen) atoms. The zero-order valence-corrected chi connectivity index (χ0v) is 10.1. The monoisotopic (exact) mass is 249 g/mol. The maximum atomic E-state index is 11.2. The van der Waals surface area contributed by atoms with Crippen LogP contribution in [0.1, 0.15) is 5.69 Å². The highest BCUT2D eigenvalue weighted by Crippen LogP contribution is 2.16. The average molecular weight is 250 g/mol. The van der Waals surface area contributed by atoms with Crippen LogP contribution >= 0.6 is 11.6 Å². The Morgan fingerprint density at radius 2 is 2.12 bits per heavy atom. The van der Waals surface area contributed by atoms with Gasteiger partial charge in [0, 0.05) is 0 Å². The van der Waals surface area contributed by atoms with Gasteiger partial charge < -0.3 is 5.32 Å². The third-order valence-electron chi connectivity index (χ3n) is 2.32. The Labute approximate surface area is 104 Å². The average Bonchev–Trinajstić information content (AvgIpc) is 2.72. The second-order valence-corrected chi connectivity index (χ2v) is 3.86. The van der Waals surface area contributed by atoms with E-state index in [1.807, 2.05) is 37.3 Å². The van der Waals surface area contributed by atoms with Gasteiger partial charge in [-0.1, -0.05) is 18.2 Å². The first-order chi connectivity index (χ1) is 8.20. The molecule has 2 aromatic rings. The van der Waals surface area contributed by atoms with Crippen LogP contribution < -0.4 is 5.32 Å². The Kier molecular flexibility index (Phi) is 3.44. The van der Waals surface area contributed by atoms with Crippen molar-refractivity contribution >= 4 is 23.2 Å². The summed E-state index contributed by atoms with van der Waals surface area (Å²) in [5, 5.41) is 7.02. The fraction of sp³-hybridized carbons (Fsp3) is 0.167. The molecule has 0 aliphatic carbocycles. The molecular weight excluding hydrogens is 238 g/mol. The number of hydrogen-bond donors (Lipinski definition) is 1. The van der Waals surface area contributed by atoms with Crippen molar-refractivity contribution in [1.29, 1.82) is 0 Å². The van der Waals surface area contributed by atoms with Crippen LogP contribution in [0.4, 0.5) is 5.69 Å². The van der Waals surface area contributed by atoms with E-state index in [9.17, 15) is 4.79 Å². The molecule has 0 aliphatic heterocycles. The van der Waals surface area contributed by atoms with Gasteiger partial charge in [0.15, 0.2) is 0 Å². The quantitative estimate of drug-likeness (QED) is 0.849. The smallest absolute Gasteiger partial charge is 0.239 e. The standard InChI is InChI=1S/C12H12ClN3O/c1-9-11(14-12(17)7-13)8-16(15-9)10-5-3-2-4-6-10/h2-6,8H,7H2,1H3,(H,14,17). The Hall–Kier alpha value is -1.81. The van der Waals surface area contributed by atoms with Crippen LogP contribution in [0.5, 0.6) is 0 Å². The van der Waals surface area contributed by atoms with Gasteiger partial charge in [0.1, 0.15) is 5.88 Å². The Balaban J connectivity index is 2.28. The van der Waals surface area contributed by atoms with Crippen molar-refractivity contribution in [3.8, 4) is 5.69 Å². The summed E-state index contributed by atoms with van der Waals surface area (Å²) in [6.07, 6.45) is 1.77. The molecule has 5 heteroatoms. The van der Waals surface area contributed by atoms with Gasteiger partial charge in [-0.3, -0.25) is 4.79 Å². The number of halogens is 1. The second-order valence-electron chi connectivity index (χ2n) is 3.59. The molecule has 0 aliphatic rings. The molecule has 0 unspecified atom stereocenters. The molecule has 0 radical (unpaired) electrons. The first-order valence-electron chi connectivity index (χ1n) is 5.18. The molecular formula is C12H12ClN3O. The van der Waals surface area contributed by atoms with Crippen LogP contribution in [-0.4, -0.2) is 21.6 Å². The summed E-state index contributed by atoms with van der Waals surface area (Å²) >= 11 is 5.44. The molecule has 0 atom stereocenters. The number of nitrogens with one attached hydrogen (secondary N) is 1. The molecule has 1 aromatic carbocycles. The van der Waals surface area contributed by atoms with E-state index in [0.717, 1.165) is 11.4 Å². The fourth-order valence-corrected chi connectivity index (χ4v) is 1.55. The molecule has 2 rings (SSSR count). The lowest BCUT2D eigenvalue weighted by Crippen LogP contribution is -2.12. The number of carbonyl (C=O) groups is 1. The molecule has 0 saturated heterocycles. The van der Waals surface area contributed by atoms with E-state index in [-0.39, 0.29) is 11.8 Å². The summed E-state index contributed by atoms with van der Waals surface area (Å²) in [5.41, 5.74) is 2.38. The van der Waals surface area contributed by atoms with Gasteiger partial charge in [0.05, 0.1) is 23.3 Å². The van der Waals surface area contributed by atoms with Gasteiger partial charge >= 0.3 is 0 Å². The summed E-state index contributed by atoms with van der Waals surface area (Å²) in [4.78, 5) is 11.2. The van der Waals surface area contributed by atoms with E-state index in [1.54, 1.807) is 10.9 Å². The van der Waals surface area contributed by atoms with Gasteiger partial charge in [0.2, 0.25) is 5.91 Å². The number of para-hydroxylation sites is 1. The van der Waals surface area contributed by atoms with Crippen molar-refractivity contribution in [2.75, 3.05) is 11.2 Å². The number of aryl methyl sites for hydroxylation is 1. The van der Waals surface area contributed by atoms with E-state index >= 15 is 0 Å². The lowest BCUT2D eigenvalue weighted by Gasteiger charge is -1.99. The third kappa shape index (κ3) is 2.65. The molecule has 1 amide bonds.